The molecular weight excluding hydrogens is 500 g/mol. The first-order valence-corrected chi connectivity index (χ1v) is 13.0. The van der Waals surface area contributed by atoms with Crippen molar-refractivity contribution in [2.75, 3.05) is 32.1 Å². The predicted molar refractivity (Wildman–Crippen MR) is 129 cm³/mol. The quantitative estimate of drug-likeness (QED) is 0.250. The normalized spacial score (nSPS) is 21.7. The van der Waals surface area contributed by atoms with Gasteiger partial charge >= 0.3 is 0 Å². The van der Waals surface area contributed by atoms with E-state index in [1.807, 2.05) is 24.4 Å². The fourth-order valence-corrected chi connectivity index (χ4v) is 6.35. The topological polar surface area (TPSA) is 178 Å². The van der Waals surface area contributed by atoms with E-state index >= 15 is 0 Å². The van der Waals surface area contributed by atoms with Gasteiger partial charge in [0.25, 0.3) is 0 Å². The molecule has 34 heavy (non-hydrogen) atoms. The van der Waals surface area contributed by atoms with E-state index in [1.165, 1.54) is 39.8 Å². The number of thiazole rings is 1. The Morgan fingerprint density at radius 2 is 2.15 bits per heavy atom. The minimum Gasteiger partial charge on any atom is -0.375 e. The van der Waals surface area contributed by atoms with Gasteiger partial charge in [0.15, 0.2) is 5.13 Å². The van der Waals surface area contributed by atoms with E-state index in [1.54, 1.807) is 10.1 Å². The second kappa shape index (κ2) is 10.3. The molecule has 182 valence electrons. The van der Waals surface area contributed by atoms with Crippen molar-refractivity contribution in [2.45, 2.75) is 35.6 Å². The van der Waals surface area contributed by atoms with Gasteiger partial charge in [0.2, 0.25) is 22.9 Å². The number of nitrogen functional groups attached to an aromatic ring is 1. The Morgan fingerprint density at radius 3 is 2.82 bits per heavy atom. The van der Waals surface area contributed by atoms with E-state index < -0.39 is 23.4 Å². The van der Waals surface area contributed by atoms with E-state index in [9.17, 15) is 14.4 Å². The maximum absolute atomic E-state index is 12.9. The summed E-state index contributed by atoms with van der Waals surface area (Å²) >= 11 is 3.99. The molecule has 0 aliphatic carbocycles. The molecule has 0 aromatic carbocycles. The van der Waals surface area contributed by atoms with Gasteiger partial charge in [-0.05, 0) is 35.5 Å². The lowest BCUT2D eigenvalue weighted by atomic mass is 9.98. The number of primary amides is 1. The van der Waals surface area contributed by atoms with Crippen LogP contribution in [0.2, 0.25) is 0 Å². The molecule has 2 aromatic rings. The van der Waals surface area contributed by atoms with Crippen LogP contribution in [-0.4, -0.2) is 96.6 Å². The Hall–Kier alpha value is -2.69. The van der Waals surface area contributed by atoms with Crippen LogP contribution in [0.5, 0.6) is 0 Å². The van der Waals surface area contributed by atoms with Gasteiger partial charge in [-0.3, -0.25) is 14.4 Å². The molecule has 3 amide bonds. The van der Waals surface area contributed by atoms with E-state index in [2.05, 4.69) is 25.8 Å². The summed E-state index contributed by atoms with van der Waals surface area (Å²) in [5.74, 6) is -0.921. The highest BCUT2D eigenvalue weighted by molar-refractivity contribution is 8.03. The molecular formula is C18H24N10O3S3. The molecule has 3 atom stereocenters. The van der Waals surface area contributed by atoms with Crippen LogP contribution < -0.4 is 16.8 Å². The van der Waals surface area contributed by atoms with Gasteiger partial charge in [-0.25, -0.2) is 9.67 Å². The second-order valence-electron chi connectivity index (χ2n) is 7.95. The summed E-state index contributed by atoms with van der Waals surface area (Å²) in [5.41, 5.74) is 12.5. The molecule has 1 fully saturated rings. The summed E-state index contributed by atoms with van der Waals surface area (Å²) in [6.45, 7) is 1.39. The summed E-state index contributed by atoms with van der Waals surface area (Å²) in [5, 5.41) is 18.6. The van der Waals surface area contributed by atoms with Crippen LogP contribution in [0.1, 0.15) is 5.69 Å². The van der Waals surface area contributed by atoms with Crippen LogP contribution in [0, 0.1) is 0 Å². The average molecular weight is 525 g/mol. The van der Waals surface area contributed by atoms with Crippen molar-refractivity contribution in [2.24, 2.45) is 5.73 Å². The Balaban J connectivity index is 1.39. The molecule has 16 heteroatoms. The van der Waals surface area contributed by atoms with E-state index in [4.69, 9.17) is 11.5 Å². The monoisotopic (exact) mass is 524 g/mol. The zero-order valence-corrected chi connectivity index (χ0v) is 20.9. The number of amides is 3. The third-order valence-electron chi connectivity index (χ3n) is 5.19. The first-order valence-electron chi connectivity index (χ1n) is 10.2. The highest BCUT2D eigenvalue weighted by atomic mass is 32.2. The second-order valence-corrected chi connectivity index (χ2v) is 10.8. The number of rotatable bonds is 10. The van der Waals surface area contributed by atoms with Crippen LogP contribution >= 0.6 is 34.9 Å². The van der Waals surface area contributed by atoms with Gasteiger partial charge in [-0.2, -0.15) is 0 Å². The zero-order valence-electron chi connectivity index (χ0n) is 18.4. The van der Waals surface area contributed by atoms with Gasteiger partial charge in [0.1, 0.15) is 17.5 Å². The molecule has 0 bridgehead atoms. The largest absolute Gasteiger partial charge is 0.375 e. The first kappa shape index (κ1) is 24.4. The number of β-lactam (4-membered cyclic amide) rings is 1. The maximum atomic E-state index is 12.9. The van der Waals surface area contributed by atoms with Crippen molar-refractivity contribution in [3.05, 3.63) is 22.1 Å². The van der Waals surface area contributed by atoms with Gasteiger partial charge in [0, 0.05) is 17.7 Å². The molecule has 0 radical (unpaired) electrons. The fraction of sp³-hybridized carbons (Fsp3) is 0.500. The number of thioether (sulfide) groups is 2. The number of hydrogen-bond donors (Lipinski definition) is 3. The Bertz CT molecular complexity index is 1120. The highest BCUT2D eigenvalue weighted by Crippen LogP contribution is 2.41. The number of carbonyl (C=O) groups excluding carboxylic acids is 3. The smallest absolute Gasteiger partial charge is 0.250 e. The lowest BCUT2D eigenvalue weighted by Gasteiger charge is -2.51. The van der Waals surface area contributed by atoms with Gasteiger partial charge in [0.05, 0.1) is 18.7 Å². The third kappa shape index (κ3) is 5.18. The number of hydrogen-bond acceptors (Lipinski definition) is 12. The lowest BCUT2D eigenvalue weighted by Crippen LogP contribution is -2.74. The number of anilines is 1. The van der Waals surface area contributed by atoms with Crippen molar-refractivity contribution in [3.63, 3.8) is 0 Å². The molecule has 0 saturated carbocycles. The zero-order chi connectivity index (χ0) is 24.4. The number of aromatic nitrogens is 5. The van der Waals surface area contributed by atoms with Crippen molar-refractivity contribution >= 4 is 57.7 Å². The van der Waals surface area contributed by atoms with Crippen LogP contribution in [0.4, 0.5) is 5.13 Å². The van der Waals surface area contributed by atoms with Gasteiger partial charge in [-0.15, -0.1) is 28.2 Å². The fourth-order valence-electron chi connectivity index (χ4n) is 3.55. The highest BCUT2D eigenvalue weighted by Gasteiger charge is 2.55. The molecule has 2 aliphatic rings. The van der Waals surface area contributed by atoms with E-state index in [-0.39, 0.29) is 18.2 Å². The molecule has 1 saturated heterocycles. The summed E-state index contributed by atoms with van der Waals surface area (Å²) in [6, 6.07) is -1.62. The maximum Gasteiger partial charge on any atom is 0.250 e. The number of carbonyl (C=O) groups is 3. The van der Waals surface area contributed by atoms with Gasteiger partial charge < -0.3 is 26.6 Å². The Morgan fingerprint density at radius 1 is 1.35 bits per heavy atom. The summed E-state index contributed by atoms with van der Waals surface area (Å²) in [7, 11) is 3.92. The Kier molecular flexibility index (Phi) is 7.39. The van der Waals surface area contributed by atoms with Crippen LogP contribution in [-0.2, 0) is 27.3 Å². The number of nitrogens with zero attached hydrogens (tertiary/aromatic N) is 7. The summed E-state index contributed by atoms with van der Waals surface area (Å²) < 4.78 is 1.69. The van der Waals surface area contributed by atoms with Gasteiger partial charge in [-0.1, -0.05) is 11.8 Å². The summed E-state index contributed by atoms with van der Waals surface area (Å²) in [4.78, 5) is 45.1. The number of nitrogens with two attached hydrogens (primary N) is 2. The van der Waals surface area contributed by atoms with Crippen molar-refractivity contribution in [1.29, 1.82) is 0 Å². The lowest BCUT2D eigenvalue weighted by molar-refractivity contribution is -0.154. The van der Waals surface area contributed by atoms with Crippen molar-refractivity contribution in [3.8, 4) is 0 Å². The summed E-state index contributed by atoms with van der Waals surface area (Å²) in [6.07, 6.45) is 0.0222. The van der Waals surface area contributed by atoms with Crippen LogP contribution in [0.15, 0.2) is 21.5 Å². The SMILES string of the molecule is CN(C)CCn1nnnc1SCC1=CS[C@H]2[C@@H](NC(=O)Cc3csc(N)n3)C(=O)N2C1C(N)=O. The molecule has 2 aromatic heterocycles. The molecule has 4 rings (SSSR count). The Labute approximate surface area is 207 Å². The number of fused-ring (bicyclic) bond motifs is 1. The molecule has 13 nitrogen and oxygen atoms in total. The molecule has 1 unspecified atom stereocenters. The van der Waals surface area contributed by atoms with E-state index in [0.717, 1.165) is 6.54 Å². The molecule has 0 spiro atoms. The van der Waals surface area contributed by atoms with Crippen LogP contribution in [0.3, 0.4) is 0 Å². The minimum atomic E-state index is -0.885. The average Bonchev–Trinajstić information content (AvgIpc) is 3.41. The first-order chi connectivity index (χ1) is 16.2. The van der Waals surface area contributed by atoms with E-state index in [0.29, 0.717) is 33.9 Å². The molecule has 2 aliphatic heterocycles. The molecule has 5 N–H and O–H groups in total. The minimum absolute atomic E-state index is 0.0222. The number of likely N-dealkylation sites (N-methyl/N-ethyl adjacent to an activating group) is 1. The van der Waals surface area contributed by atoms with Crippen molar-refractivity contribution in [1.82, 2.24) is 40.3 Å². The third-order valence-corrected chi connectivity index (χ3v) is 8.16. The molecule has 4 heterocycles. The standard InChI is InChI=1S/C18H24N10O3S3/c1-26(2)3-4-27-18(23-24-25-27)34-7-9-6-32-16-12(15(31)28(16)13(9)14(19)30)22-11(29)5-10-8-33-17(20)21-10/h6,8,12-13,16H,3-5,7H2,1-2H3,(H2,19,30)(H2,20,21)(H,22,29)/t12-,13?,16-/m0/s1. The van der Waals surface area contributed by atoms with Crippen LogP contribution in [0.25, 0.3) is 0 Å². The van der Waals surface area contributed by atoms with Crippen molar-refractivity contribution < 1.29 is 14.4 Å². The number of nitrogens with one attached hydrogen (secondary N) is 1. The number of tetrazole rings is 1. The predicted octanol–water partition coefficient (Wildman–Crippen LogP) is -1.25.